The maximum Gasteiger partial charge on any atom is 0.0465 e. The maximum absolute atomic E-state index is 5.99. The van der Waals surface area contributed by atoms with Crippen LogP contribution in [0, 0.1) is 0 Å². The van der Waals surface area contributed by atoms with Crippen LogP contribution in [0.5, 0.6) is 0 Å². The van der Waals surface area contributed by atoms with Gasteiger partial charge < -0.3 is 10.2 Å². The first-order valence-electron chi connectivity index (χ1n) is 9.21. The fourth-order valence-corrected chi connectivity index (χ4v) is 2.75. The molecule has 2 nitrogen and oxygen atoms in total. The highest BCUT2D eigenvalue weighted by Crippen LogP contribution is 2.23. The molecule has 2 aromatic rings. The Morgan fingerprint density at radius 2 is 1.46 bits per heavy atom. The molecule has 0 spiro atoms. The monoisotopic (exact) mass is 394 g/mol. The van der Waals surface area contributed by atoms with E-state index in [2.05, 4.69) is 75.3 Å². The van der Waals surface area contributed by atoms with Crippen LogP contribution in [-0.2, 0) is 13.0 Å². The van der Waals surface area contributed by atoms with Crippen LogP contribution in [0.4, 0.5) is 0 Å². The minimum absolute atomic E-state index is 0.437. The molecule has 0 aliphatic carbocycles. The van der Waals surface area contributed by atoms with E-state index < -0.39 is 0 Å². The second-order valence-corrected chi connectivity index (χ2v) is 7.86. The molecule has 0 bridgehead atoms. The Hall–Kier alpha value is -1.06. The van der Waals surface area contributed by atoms with Gasteiger partial charge in [-0.1, -0.05) is 73.4 Å². The van der Waals surface area contributed by atoms with Crippen molar-refractivity contribution >= 4 is 23.2 Å². The van der Waals surface area contributed by atoms with E-state index in [1.807, 2.05) is 18.2 Å². The van der Waals surface area contributed by atoms with Gasteiger partial charge in [-0.3, -0.25) is 0 Å². The van der Waals surface area contributed by atoms with E-state index in [4.69, 9.17) is 23.2 Å². The number of hydrogen-bond donors (Lipinski definition) is 1. The molecular formula is C22H32Cl2N2. The van der Waals surface area contributed by atoms with Gasteiger partial charge in [0.1, 0.15) is 0 Å². The van der Waals surface area contributed by atoms with E-state index in [1.165, 1.54) is 5.56 Å². The summed E-state index contributed by atoms with van der Waals surface area (Å²) in [4.78, 5) is 2.37. The van der Waals surface area contributed by atoms with Crippen molar-refractivity contribution < 1.29 is 0 Å². The lowest BCUT2D eigenvalue weighted by molar-refractivity contribution is 0.277. The number of likely N-dealkylation sites (N-methyl/N-ethyl adjacent to an activating group) is 1. The number of benzene rings is 2. The SMILES string of the molecule is CC(C)N(C)CCc1ccccc1.CC(C)NCc1c(Cl)cccc1Cl. The normalized spacial score (nSPS) is 11.0. The van der Waals surface area contributed by atoms with Gasteiger partial charge in [0.25, 0.3) is 0 Å². The molecule has 0 amide bonds. The van der Waals surface area contributed by atoms with Crippen molar-refractivity contribution in [3.8, 4) is 0 Å². The van der Waals surface area contributed by atoms with Gasteiger partial charge >= 0.3 is 0 Å². The van der Waals surface area contributed by atoms with E-state index in [9.17, 15) is 0 Å². The Morgan fingerprint density at radius 1 is 0.885 bits per heavy atom. The molecule has 0 heterocycles. The smallest absolute Gasteiger partial charge is 0.0465 e. The summed E-state index contributed by atoms with van der Waals surface area (Å²) < 4.78 is 0. The van der Waals surface area contributed by atoms with Crippen LogP contribution in [-0.4, -0.2) is 30.6 Å². The number of halogens is 2. The molecule has 144 valence electrons. The van der Waals surface area contributed by atoms with Crippen molar-refractivity contribution in [2.24, 2.45) is 0 Å². The van der Waals surface area contributed by atoms with Crippen LogP contribution in [0.25, 0.3) is 0 Å². The van der Waals surface area contributed by atoms with Crippen LogP contribution in [0.2, 0.25) is 10.0 Å². The molecule has 0 aromatic heterocycles. The van der Waals surface area contributed by atoms with Crippen molar-refractivity contribution in [1.82, 2.24) is 10.2 Å². The Morgan fingerprint density at radius 3 is 1.96 bits per heavy atom. The van der Waals surface area contributed by atoms with E-state index in [1.54, 1.807) is 0 Å². The van der Waals surface area contributed by atoms with E-state index in [-0.39, 0.29) is 0 Å². The average Bonchev–Trinajstić information content (AvgIpc) is 2.60. The highest BCUT2D eigenvalue weighted by Gasteiger charge is 2.05. The van der Waals surface area contributed by atoms with Gasteiger partial charge in [-0.15, -0.1) is 0 Å². The number of rotatable bonds is 7. The van der Waals surface area contributed by atoms with Gasteiger partial charge in [0, 0.05) is 40.8 Å². The average molecular weight is 395 g/mol. The Balaban J connectivity index is 0.000000260. The van der Waals surface area contributed by atoms with Gasteiger partial charge in [0.2, 0.25) is 0 Å². The molecule has 0 unspecified atom stereocenters. The van der Waals surface area contributed by atoms with E-state index >= 15 is 0 Å². The molecule has 4 heteroatoms. The zero-order valence-corrected chi connectivity index (χ0v) is 18.1. The summed E-state index contributed by atoms with van der Waals surface area (Å²) in [5.74, 6) is 0. The standard InChI is InChI=1S/C12H19N.C10H13Cl2N/c1-11(2)13(3)10-9-12-7-5-4-6-8-12;1-7(2)13-6-8-9(11)4-3-5-10(8)12/h4-8,11H,9-10H2,1-3H3;3-5,7,13H,6H2,1-2H3. The van der Waals surface area contributed by atoms with Crippen molar-refractivity contribution in [2.75, 3.05) is 13.6 Å². The van der Waals surface area contributed by atoms with Crippen LogP contribution in [0.1, 0.15) is 38.8 Å². The second kappa shape index (κ2) is 12.3. The number of nitrogens with zero attached hydrogens (tertiary/aromatic N) is 1. The molecule has 0 saturated carbocycles. The molecule has 0 fully saturated rings. The summed E-state index contributed by atoms with van der Waals surface area (Å²) in [7, 11) is 2.17. The topological polar surface area (TPSA) is 15.3 Å². The first kappa shape index (κ1) is 23.0. The van der Waals surface area contributed by atoms with Crippen molar-refractivity contribution in [1.29, 1.82) is 0 Å². The third kappa shape index (κ3) is 9.05. The molecule has 2 rings (SSSR count). The van der Waals surface area contributed by atoms with Gasteiger partial charge in [0.05, 0.1) is 0 Å². The molecule has 1 N–H and O–H groups in total. The van der Waals surface area contributed by atoms with E-state index in [0.717, 1.165) is 35.1 Å². The molecule has 0 aliphatic heterocycles. The molecule has 0 atom stereocenters. The summed E-state index contributed by atoms with van der Waals surface area (Å²) in [6.45, 7) is 10.5. The molecule has 0 radical (unpaired) electrons. The van der Waals surface area contributed by atoms with Crippen LogP contribution in [0.3, 0.4) is 0 Å². The van der Waals surface area contributed by atoms with Crippen LogP contribution >= 0.6 is 23.2 Å². The van der Waals surface area contributed by atoms with E-state index in [0.29, 0.717) is 12.1 Å². The molecule has 0 saturated heterocycles. The van der Waals surface area contributed by atoms with Gasteiger partial charge in [0.15, 0.2) is 0 Å². The predicted molar refractivity (Wildman–Crippen MR) is 116 cm³/mol. The summed E-state index contributed by atoms with van der Waals surface area (Å²) in [5.41, 5.74) is 2.40. The van der Waals surface area contributed by atoms with Gasteiger partial charge in [-0.05, 0) is 45.0 Å². The fraction of sp³-hybridized carbons (Fsp3) is 0.455. The quantitative estimate of drug-likeness (QED) is 0.613. The minimum Gasteiger partial charge on any atom is -0.310 e. The Bertz CT molecular complexity index is 607. The lowest BCUT2D eigenvalue weighted by Crippen LogP contribution is -2.28. The highest BCUT2D eigenvalue weighted by molar-refractivity contribution is 6.35. The summed E-state index contributed by atoms with van der Waals surface area (Å²) in [6.07, 6.45) is 1.15. The summed E-state index contributed by atoms with van der Waals surface area (Å²) in [6, 6.07) is 17.3. The maximum atomic E-state index is 5.99. The molecule has 2 aromatic carbocycles. The summed E-state index contributed by atoms with van der Waals surface area (Å²) in [5, 5.41) is 4.72. The van der Waals surface area contributed by atoms with Crippen molar-refractivity contribution in [2.45, 2.75) is 52.7 Å². The third-order valence-electron chi connectivity index (χ3n) is 4.23. The minimum atomic E-state index is 0.437. The molecular weight excluding hydrogens is 363 g/mol. The zero-order valence-electron chi connectivity index (χ0n) is 16.6. The summed E-state index contributed by atoms with van der Waals surface area (Å²) >= 11 is 12.0. The van der Waals surface area contributed by atoms with Crippen molar-refractivity contribution in [3.63, 3.8) is 0 Å². The third-order valence-corrected chi connectivity index (χ3v) is 4.93. The predicted octanol–water partition coefficient (Wildman–Crippen LogP) is 6.06. The fourth-order valence-electron chi connectivity index (χ4n) is 2.22. The number of hydrogen-bond acceptors (Lipinski definition) is 2. The van der Waals surface area contributed by atoms with Crippen LogP contribution in [0.15, 0.2) is 48.5 Å². The largest absolute Gasteiger partial charge is 0.310 e. The Kier molecular flexibility index (Phi) is 10.9. The molecule has 26 heavy (non-hydrogen) atoms. The van der Waals surface area contributed by atoms with Crippen molar-refractivity contribution in [3.05, 3.63) is 69.7 Å². The molecule has 0 aliphatic rings. The second-order valence-electron chi connectivity index (χ2n) is 7.05. The lowest BCUT2D eigenvalue weighted by Gasteiger charge is -2.20. The first-order valence-corrected chi connectivity index (χ1v) is 9.97. The highest BCUT2D eigenvalue weighted by atomic mass is 35.5. The zero-order chi connectivity index (χ0) is 19.5. The lowest BCUT2D eigenvalue weighted by atomic mass is 10.1. The number of nitrogens with one attached hydrogen (secondary N) is 1. The Labute approximate surface area is 169 Å². The van der Waals surface area contributed by atoms with Crippen LogP contribution < -0.4 is 5.32 Å². The first-order chi connectivity index (χ1) is 12.3. The van der Waals surface area contributed by atoms with Gasteiger partial charge in [-0.25, -0.2) is 0 Å². The van der Waals surface area contributed by atoms with Gasteiger partial charge in [-0.2, -0.15) is 0 Å².